The maximum Gasteiger partial charge on any atom is 0.243 e. The number of rotatable bonds is 4. The Kier molecular flexibility index (Phi) is 2.76. The third-order valence-corrected chi connectivity index (χ3v) is 5.31. The first kappa shape index (κ1) is 11.3. The monoisotopic (exact) mass is 233 g/mol. The third kappa shape index (κ3) is 2.14. The van der Waals surface area contributed by atoms with Crippen LogP contribution in [0.3, 0.4) is 0 Å². The molecule has 4 aliphatic carbocycles. The van der Waals surface area contributed by atoms with Crippen LogP contribution in [-0.4, -0.2) is 12.5 Å². The summed E-state index contributed by atoms with van der Waals surface area (Å²) in [5, 5.41) is 2.95. The van der Waals surface area contributed by atoms with Crippen LogP contribution in [0, 0.1) is 23.2 Å². The van der Waals surface area contributed by atoms with Crippen molar-refractivity contribution in [2.45, 2.75) is 44.9 Å². The second-order valence-corrected chi connectivity index (χ2v) is 6.66. The quantitative estimate of drug-likeness (QED) is 0.743. The summed E-state index contributed by atoms with van der Waals surface area (Å²) in [5.74, 6) is 3.01. The Morgan fingerprint density at radius 3 is 2.18 bits per heavy atom. The highest BCUT2D eigenvalue weighted by atomic mass is 16.1. The molecular weight excluding hydrogens is 210 g/mol. The van der Waals surface area contributed by atoms with E-state index in [0.29, 0.717) is 5.41 Å². The largest absolute Gasteiger partial charge is 0.353 e. The summed E-state index contributed by atoms with van der Waals surface area (Å²) in [6.45, 7) is 4.34. The Bertz CT molecular complexity index is 299. The minimum atomic E-state index is -0.0188. The van der Waals surface area contributed by atoms with Gasteiger partial charge in [0.2, 0.25) is 5.91 Å². The van der Waals surface area contributed by atoms with E-state index in [-0.39, 0.29) is 5.91 Å². The molecule has 0 aromatic rings. The van der Waals surface area contributed by atoms with Gasteiger partial charge in [0.1, 0.15) is 0 Å². The molecule has 0 heterocycles. The number of hydrogen-bond donors (Lipinski definition) is 1. The van der Waals surface area contributed by atoms with Crippen LogP contribution in [0.4, 0.5) is 0 Å². The van der Waals surface area contributed by atoms with Gasteiger partial charge in [-0.3, -0.25) is 4.79 Å². The molecule has 0 unspecified atom stereocenters. The molecule has 0 spiro atoms. The van der Waals surface area contributed by atoms with Gasteiger partial charge in [0.25, 0.3) is 0 Å². The lowest BCUT2D eigenvalue weighted by Crippen LogP contribution is -2.47. The van der Waals surface area contributed by atoms with Gasteiger partial charge in [0.05, 0.1) is 0 Å². The van der Waals surface area contributed by atoms with Crippen LogP contribution in [-0.2, 0) is 4.79 Å². The number of nitrogens with one attached hydrogen (secondary N) is 1. The molecule has 4 saturated carbocycles. The van der Waals surface area contributed by atoms with Crippen molar-refractivity contribution in [3.8, 4) is 0 Å². The lowest BCUT2D eigenvalue weighted by Gasteiger charge is -2.57. The standard InChI is InChI=1S/C15H23NO/c1-2-14(17)16-4-3-15-8-11-5-12(9-15)7-13(6-11)10-15/h2,11-13H,1,3-10H2,(H,16,17). The van der Waals surface area contributed by atoms with Crippen molar-refractivity contribution in [1.82, 2.24) is 5.32 Å². The highest BCUT2D eigenvalue weighted by Gasteiger charge is 2.50. The Morgan fingerprint density at radius 2 is 1.71 bits per heavy atom. The molecule has 0 saturated heterocycles. The number of amides is 1. The van der Waals surface area contributed by atoms with E-state index in [1.807, 2.05) is 0 Å². The average Bonchev–Trinajstić information content (AvgIpc) is 2.26. The summed E-state index contributed by atoms with van der Waals surface area (Å²) in [4.78, 5) is 11.2. The molecule has 2 heteroatoms. The van der Waals surface area contributed by atoms with Crippen molar-refractivity contribution in [2.24, 2.45) is 23.2 Å². The molecule has 0 atom stereocenters. The average molecular weight is 233 g/mol. The molecule has 4 aliphatic rings. The highest BCUT2D eigenvalue weighted by molar-refractivity contribution is 5.86. The molecule has 4 fully saturated rings. The van der Waals surface area contributed by atoms with Crippen LogP contribution in [0.2, 0.25) is 0 Å². The van der Waals surface area contributed by atoms with Crippen molar-refractivity contribution in [2.75, 3.05) is 6.54 Å². The Labute approximate surface area is 104 Å². The summed E-state index contributed by atoms with van der Waals surface area (Å²) in [6.07, 6.45) is 11.4. The Morgan fingerprint density at radius 1 is 1.18 bits per heavy atom. The van der Waals surface area contributed by atoms with Gasteiger partial charge in [0, 0.05) is 6.54 Å². The molecule has 94 valence electrons. The van der Waals surface area contributed by atoms with E-state index in [9.17, 15) is 4.79 Å². The smallest absolute Gasteiger partial charge is 0.243 e. The normalized spacial score (nSPS) is 42.5. The summed E-state index contributed by atoms with van der Waals surface area (Å²) >= 11 is 0. The molecule has 0 aliphatic heterocycles. The fourth-order valence-electron chi connectivity index (χ4n) is 5.12. The molecule has 1 amide bonds. The SMILES string of the molecule is C=CC(=O)NCCC12CC3CC(CC(C3)C1)C2. The zero-order chi connectivity index (χ0) is 11.9. The Hall–Kier alpha value is -0.790. The van der Waals surface area contributed by atoms with E-state index >= 15 is 0 Å². The van der Waals surface area contributed by atoms with Crippen LogP contribution in [0.25, 0.3) is 0 Å². The predicted octanol–water partition coefficient (Wildman–Crippen LogP) is 2.90. The zero-order valence-corrected chi connectivity index (χ0v) is 10.6. The van der Waals surface area contributed by atoms with E-state index in [4.69, 9.17) is 0 Å². The minimum absolute atomic E-state index is 0.0188. The first-order valence-corrected chi connectivity index (χ1v) is 7.09. The first-order chi connectivity index (χ1) is 8.19. The van der Waals surface area contributed by atoms with Crippen LogP contribution in [0.5, 0.6) is 0 Å². The fourth-order valence-corrected chi connectivity index (χ4v) is 5.12. The maximum absolute atomic E-state index is 11.2. The summed E-state index contributed by atoms with van der Waals surface area (Å²) in [6, 6.07) is 0. The van der Waals surface area contributed by atoms with Gasteiger partial charge >= 0.3 is 0 Å². The number of carbonyl (C=O) groups is 1. The van der Waals surface area contributed by atoms with Crippen molar-refractivity contribution in [3.05, 3.63) is 12.7 Å². The fraction of sp³-hybridized carbons (Fsp3) is 0.800. The third-order valence-electron chi connectivity index (χ3n) is 5.31. The van der Waals surface area contributed by atoms with Crippen molar-refractivity contribution >= 4 is 5.91 Å². The molecule has 4 rings (SSSR count). The van der Waals surface area contributed by atoms with Crippen molar-refractivity contribution < 1.29 is 4.79 Å². The van der Waals surface area contributed by atoms with Crippen molar-refractivity contribution in [3.63, 3.8) is 0 Å². The van der Waals surface area contributed by atoms with Crippen LogP contribution in [0.15, 0.2) is 12.7 Å². The summed E-state index contributed by atoms with van der Waals surface area (Å²) < 4.78 is 0. The van der Waals surface area contributed by atoms with Gasteiger partial charge in [0.15, 0.2) is 0 Å². The Balaban J connectivity index is 1.59. The van der Waals surface area contributed by atoms with Gasteiger partial charge in [-0.05, 0) is 74.2 Å². The van der Waals surface area contributed by atoms with E-state index in [2.05, 4.69) is 11.9 Å². The molecule has 4 bridgehead atoms. The van der Waals surface area contributed by atoms with E-state index < -0.39 is 0 Å². The summed E-state index contributed by atoms with van der Waals surface area (Å²) in [7, 11) is 0. The highest BCUT2D eigenvalue weighted by Crippen LogP contribution is 2.61. The van der Waals surface area contributed by atoms with Gasteiger partial charge in [-0.25, -0.2) is 0 Å². The predicted molar refractivity (Wildman–Crippen MR) is 68.4 cm³/mol. The second kappa shape index (κ2) is 4.15. The molecule has 2 nitrogen and oxygen atoms in total. The van der Waals surface area contributed by atoms with Gasteiger partial charge < -0.3 is 5.32 Å². The van der Waals surface area contributed by atoms with Crippen LogP contribution in [0.1, 0.15) is 44.9 Å². The molecule has 0 radical (unpaired) electrons. The van der Waals surface area contributed by atoms with E-state index in [0.717, 1.165) is 24.3 Å². The van der Waals surface area contributed by atoms with Crippen molar-refractivity contribution in [1.29, 1.82) is 0 Å². The molecule has 0 aromatic heterocycles. The molecule has 0 aromatic carbocycles. The van der Waals surface area contributed by atoms with Gasteiger partial charge in [-0.15, -0.1) is 0 Å². The lowest BCUT2D eigenvalue weighted by molar-refractivity contribution is -0.116. The second-order valence-electron chi connectivity index (χ2n) is 6.66. The summed E-state index contributed by atoms with van der Waals surface area (Å²) in [5.41, 5.74) is 0.587. The van der Waals surface area contributed by atoms with Crippen LogP contribution < -0.4 is 5.32 Å². The first-order valence-electron chi connectivity index (χ1n) is 7.09. The maximum atomic E-state index is 11.2. The van der Waals surface area contributed by atoms with E-state index in [1.165, 1.54) is 51.0 Å². The minimum Gasteiger partial charge on any atom is -0.353 e. The van der Waals surface area contributed by atoms with Gasteiger partial charge in [-0.1, -0.05) is 6.58 Å². The number of hydrogen-bond acceptors (Lipinski definition) is 1. The van der Waals surface area contributed by atoms with E-state index in [1.54, 1.807) is 0 Å². The molecule has 1 N–H and O–H groups in total. The molecule has 17 heavy (non-hydrogen) atoms. The molecular formula is C15H23NO. The van der Waals surface area contributed by atoms with Crippen LogP contribution >= 0.6 is 0 Å². The number of carbonyl (C=O) groups excluding carboxylic acids is 1. The topological polar surface area (TPSA) is 29.1 Å². The lowest BCUT2D eigenvalue weighted by atomic mass is 9.49. The zero-order valence-electron chi connectivity index (χ0n) is 10.6. The van der Waals surface area contributed by atoms with Gasteiger partial charge in [-0.2, -0.15) is 0 Å².